The number of nitrogens with zero attached hydrogens (tertiary/aromatic N) is 1. The van der Waals surface area contributed by atoms with Gasteiger partial charge in [0.05, 0.1) is 5.69 Å². The Hall–Kier alpha value is -1.88. The summed E-state index contributed by atoms with van der Waals surface area (Å²) >= 11 is 1.61. The SMILES string of the molecule is CCCCCCCCC(=O)Nc1ccc(-c2csc(NCC)n2)cc1. The molecule has 1 heterocycles. The van der Waals surface area contributed by atoms with E-state index in [0.717, 1.165) is 41.5 Å². The number of carbonyl (C=O) groups is 1. The second kappa shape index (κ2) is 10.9. The summed E-state index contributed by atoms with van der Waals surface area (Å²) in [5.74, 6) is 0.103. The van der Waals surface area contributed by atoms with Crippen LogP contribution in [0.2, 0.25) is 0 Å². The highest BCUT2D eigenvalue weighted by atomic mass is 32.1. The molecular weight excluding hydrogens is 330 g/mol. The van der Waals surface area contributed by atoms with Crippen LogP contribution in [0, 0.1) is 0 Å². The highest BCUT2D eigenvalue weighted by molar-refractivity contribution is 7.14. The van der Waals surface area contributed by atoms with E-state index in [1.165, 1.54) is 25.7 Å². The molecule has 1 aromatic carbocycles. The lowest BCUT2D eigenvalue weighted by Crippen LogP contribution is -2.10. The summed E-state index contributed by atoms with van der Waals surface area (Å²) in [5.41, 5.74) is 2.88. The van der Waals surface area contributed by atoms with E-state index in [9.17, 15) is 4.79 Å². The standard InChI is InChI=1S/C20H29N3OS/c1-3-5-6-7-8-9-10-19(24)22-17-13-11-16(12-14-17)18-15-25-20(23-18)21-4-2/h11-15H,3-10H2,1-2H3,(H,21,23)(H,22,24). The van der Waals surface area contributed by atoms with Crippen molar-refractivity contribution in [2.45, 2.75) is 58.8 Å². The van der Waals surface area contributed by atoms with Crippen LogP contribution >= 0.6 is 11.3 Å². The highest BCUT2D eigenvalue weighted by Gasteiger charge is 2.06. The number of carbonyl (C=O) groups excluding carboxylic acids is 1. The average Bonchev–Trinajstić information content (AvgIpc) is 3.08. The van der Waals surface area contributed by atoms with Gasteiger partial charge in [0.1, 0.15) is 0 Å². The summed E-state index contributed by atoms with van der Waals surface area (Å²) in [7, 11) is 0. The van der Waals surface area contributed by atoms with Gasteiger partial charge < -0.3 is 10.6 Å². The summed E-state index contributed by atoms with van der Waals surface area (Å²) in [4.78, 5) is 16.6. The topological polar surface area (TPSA) is 54.0 Å². The van der Waals surface area contributed by atoms with Gasteiger partial charge in [0.15, 0.2) is 5.13 Å². The zero-order valence-electron chi connectivity index (χ0n) is 15.3. The molecule has 0 spiro atoms. The first kappa shape index (κ1) is 19.4. The Labute approximate surface area is 155 Å². The minimum absolute atomic E-state index is 0.103. The van der Waals surface area contributed by atoms with Crippen molar-refractivity contribution in [3.8, 4) is 11.3 Å². The van der Waals surface area contributed by atoms with E-state index in [2.05, 4.69) is 29.5 Å². The van der Waals surface area contributed by atoms with Crippen molar-refractivity contribution < 1.29 is 4.79 Å². The molecule has 1 aromatic heterocycles. The number of rotatable bonds is 11. The number of nitrogens with one attached hydrogen (secondary N) is 2. The van der Waals surface area contributed by atoms with E-state index in [1.54, 1.807) is 11.3 Å². The van der Waals surface area contributed by atoms with E-state index in [4.69, 9.17) is 0 Å². The number of unbranched alkanes of at least 4 members (excludes halogenated alkanes) is 5. The lowest BCUT2D eigenvalue weighted by Gasteiger charge is -2.06. The van der Waals surface area contributed by atoms with Crippen LogP contribution in [0.4, 0.5) is 10.8 Å². The number of aromatic nitrogens is 1. The highest BCUT2D eigenvalue weighted by Crippen LogP contribution is 2.26. The Balaban J connectivity index is 1.76. The van der Waals surface area contributed by atoms with Crippen LogP contribution in [-0.2, 0) is 4.79 Å². The third-order valence-electron chi connectivity index (χ3n) is 4.05. The first-order valence-electron chi connectivity index (χ1n) is 9.32. The first-order chi connectivity index (χ1) is 12.2. The zero-order chi connectivity index (χ0) is 17.9. The fourth-order valence-electron chi connectivity index (χ4n) is 2.65. The van der Waals surface area contributed by atoms with E-state index in [-0.39, 0.29) is 5.91 Å². The largest absolute Gasteiger partial charge is 0.362 e. The van der Waals surface area contributed by atoms with E-state index in [1.807, 2.05) is 29.6 Å². The van der Waals surface area contributed by atoms with Crippen LogP contribution in [0.3, 0.4) is 0 Å². The number of amides is 1. The summed E-state index contributed by atoms with van der Waals surface area (Å²) in [6.45, 7) is 5.15. The Morgan fingerprint density at radius 2 is 1.76 bits per heavy atom. The molecule has 2 rings (SSSR count). The van der Waals surface area contributed by atoms with Crippen molar-refractivity contribution in [2.75, 3.05) is 17.2 Å². The van der Waals surface area contributed by atoms with E-state index in [0.29, 0.717) is 6.42 Å². The Morgan fingerprint density at radius 1 is 1.04 bits per heavy atom. The van der Waals surface area contributed by atoms with E-state index >= 15 is 0 Å². The molecule has 0 saturated carbocycles. The normalized spacial score (nSPS) is 10.6. The zero-order valence-corrected chi connectivity index (χ0v) is 16.1. The third-order valence-corrected chi connectivity index (χ3v) is 4.85. The predicted molar refractivity (Wildman–Crippen MR) is 108 cm³/mol. The van der Waals surface area contributed by atoms with Gasteiger partial charge in [0, 0.05) is 29.6 Å². The number of thiazole rings is 1. The fraction of sp³-hybridized carbons (Fsp3) is 0.500. The van der Waals surface area contributed by atoms with Crippen molar-refractivity contribution in [1.29, 1.82) is 0 Å². The van der Waals surface area contributed by atoms with Crippen molar-refractivity contribution in [3.63, 3.8) is 0 Å². The van der Waals surface area contributed by atoms with Crippen molar-refractivity contribution in [3.05, 3.63) is 29.6 Å². The van der Waals surface area contributed by atoms with Gasteiger partial charge in [0.2, 0.25) is 5.91 Å². The number of anilines is 2. The molecule has 0 fully saturated rings. The number of hydrogen-bond acceptors (Lipinski definition) is 4. The Bertz CT molecular complexity index is 637. The molecule has 0 aliphatic rings. The molecule has 5 heteroatoms. The maximum absolute atomic E-state index is 12.0. The van der Waals surface area contributed by atoms with Crippen LogP contribution in [0.1, 0.15) is 58.8 Å². The third kappa shape index (κ3) is 6.86. The van der Waals surface area contributed by atoms with E-state index < -0.39 is 0 Å². The quantitative estimate of drug-likeness (QED) is 0.489. The molecule has 0 atom stereocenters. The van der Waals surface area contributed by atoms with Crippen molar-refractivity contribution >= 4 is 28.1 Å². The van der Waals surface area contributed by atoms with Gasteiger partial charge in [-0.3, -0.25) is 4.79 Å². The average molecular weight is 360 g/mol. The molecule has 1 amide bonds. The molecule has 136 valence electrons. The summed E-state index contributed by atoms with van der Waals surface area (Å²) in [5, 5.41) is 9.18. The van der Waals surface area contributed by atoms with Crippen molar-refractivity contribution in [2.24, 2.45) is 0 Å². The summed E-state index contributed by atoms with van der Waals surface area (Å²) in [6.07, 6.45) is 7.79. The van der Waals surface area contributed by atoms with Gasteiger partial charge in [0.25, 0.3) is 0 Å². The van der Waals surface area contributed by atoms with Gasteiger partial charge in [-0.25, -0.2) is 4.98 Å². The van der Waals surface area contributed by atoms with Gasteiger partial charge in [-0.2, -0.15) is 0 Å². The lowest BCUT2D eigenvalue weighted by molar-refractivity contribution is -0.116. The maximum atomic E-state index is 12.0. The monoisotopic (exact) mass is 359 g/mol. The molecule has 0 radical (unpaired) electrons. The predicted octanol–water partition coefficient (Wildman–Crippen LogP) is 5.93. The molecule has 0 saturated heterocycles. The van der Waals surface area contributed by atoms with Crippen LogP contribution in [-0.4, -0.2) is 17.4 Å². The fourth-order valence-corrected chi connectivity index (χ4v) is 3.44. The maximum Gasteiger partial charge on any atom is 0.224 e. The Kier molecular flexibility index (Phi) is 8.46. The van der Waals surface area contributed by atoms with Gasteiger partial charge >= 0.3 is 0 Å². The molecule has 0 aliphatic heterocycles. The van der Waals surface area contributed by atoms with Crippen LogP contribution < -0.4 is 10.6 Å². The molecule has 2 aromatic rings. The number of benzene rings is 1. The molecule has 0 bridgehead atoms. The molecule has 4 nitrogen and oxygen atoms in total. The summed E-state index contributed by atoms with van der Waals surface area (Å²) < 4.78 is 0. The summed E-state index contributed by atoms with van der Waals surface area (Å²) in [6, 6.07) is 7.90. The Morgan fingerprint density at radius 3 is 2.48 bits per heavy atom. The van der Waals surface area contributed by atoms with Crippen LogP contribution in [0.15, 0.2) is 29.6 Å². The lowest BCUT2D eigenvalue weighted by atomic mass is 10.1. The molecule has 0 aliphatic carbocycles. The number of hydrogen-bond donors (Lipinski definition) is 2. The molecular formula is C20H29N3OS. The second-order valence-corrected chi connectivity index (χ2v) is 7.07. The minimum Gasteiger partial charge on any atom is -0.362 e. The van der Waals surface area contributed by atoms with Gasteiger partial charge in [-0.05, 0) is 25.5 Å². The molecule has 25 heavy (non-hydrogen) atoms. The van der Waals surface area contributed by atoms with Crippen LogP contribution in [0.25, 0.3) is 11.3 Å². The van der Waals surface area contributed by atoms with Crippen LogP contribution in [0.5, 0.6) is 0 Å². The van der Waals surface area contributed by atoms with Crippen molar-refractivity contribution in [1.82, 2.24) is 4.98 Å². The van der Waals surface area contributed by atoms with Gasteiger partial charge in [-0.1, -0.05) is 51.2 Å². The minimum atomic E-state index is 0.103. The molecule has 0 unspecified atom stereocenters. The molecule has 2 N–H and O–H groups in total. The first-order valence-corrected chi connectivity index (χ1v) is 10.2. The van der Waals surface area contributed by atoms with Gasteiger partial charge in [-0.15, -0.1) is 11.3 Å². The second-order valence-electron chi connectivity index (χ2n) is 6.21. The smallest absolute Gasteiger partial charge is 0.224 e.